The fraction of sp³-hybridized carbons (Fsp3) is 0.121. The van der Waals surface area contributed by atoms with Gasteiger partial charge in [-0.3, -0.25) is 19.2 Å². The Hall–Kier alpha value is -10.2. The third kappa shape index (κ3) is 9.79. The van der Waals surface area contributed by atoms with Crippen LogP contribution >= 0.6 is 45.3 Å². The molecule has 0 saturated carbocycles. The SMILES string of the molecule is N#CC(C#N)=Nc1ccc(-c2cc3c(s2)C2=CC4C=C5C(=CC4C=C2C3(C(=O)OCc2ccccc2)C(=O)OCc2ccccc2)c2sc(-c3ccc(N=C(C#N)C#N)s3)cc2C5(C(=O)OCc2ccccc2)C(=O)OCc2ccccc2)s1. The minimum Gasteiger partial charge on any atom is -0.459 e. The van der Waals surface area contributed by atoms with E-state index < -0.39 is 46.5 Å². The van der Waals surface area contributed by atoms with Gasteiger partial charge in [0.15, 0.2) is 0 Å². The van der Waals surface area contributed by atoms with Gasteiger partial charge in [0.05, 0.1) is 0 Å². The third-order valence-electron chi connectivity index (χ3n) is 14.6. The Morgan fingerprint density at radius 3 is 1.01 bits per heavy atom. The van der Waals surface area contributed by atoms with Gasteiger partial charge >= 0.3 is 23.9 Å². The highest BCUT2D eigenvalue weighted by Crippen LogP contribution is 2.63. The van der Waals surface area contributed by atoms with E-state index in [1.165, 1.54) is 45.3 Å². The first-order valence-corrected chi connectivity index (χ1v) is 29.3. The lowest BCUT2D eigenvalue weighted by Crippen LogP contribution is -2.47. The van der Waals surface area contributed by atoms with E-state index in [1.807, 2.05) is 146 Å². The van der Waals surface area contributed by atoms with Crippen molar-refractivity contribution < 1.29 is 38.1 Å². The number of benzene rings is 4. The largest absolute Gasteiger partial charge is 0.459 e. The van der Waals surface area contributed by atoms with Gasteiger partial charge in [-0.2, -0.15) is 21.0 Å². The molecule has 0 saturated heterocycles. The van der Waals surface area contributed by atoms with Crippen molar-refractivity contribution in [1.29, 1.82) is 21.0 Å². The lowest BCUT2D eigenvalue weighted by molar-refractivity contribution is -0.166. The Bertz CT molecular complexity index is 3940. The zero-order valence-corrected chi connectivity index (χ0v) is 47.2. The van der Waals surface area contributed by atoms with Crippen LogP contribution in [0, 0.1) is 57.2 Å². The summed E-state index contributed by atoms with van der Waals surface area (Å²) in [6, 6.07) is 54.2. The topological polar surface area (TPSA) is 225 Å². The maximum Gasteiger partial charge on any atom is 0.333 e. The van der Waals surface area contributed by atoms with Crippen LogP contribution in [-0.2, 0) is 75.4 Å². The van der Waals surface area contributed by atoms with Crippen molar-refractivity contribution in [2.75, 3.05) is 0 Å². The Balaban J connectivity index is 1.04. The molecule has 406 valence electrons. The van der Waals surface area contributed by atoms with Crippen molar-refractivity contribution in [1.82, 2.24) is 0 Å². The van der Waals surface area contributed by atoms with Gasteiger partial charge in [-0.1, -0.05) is 146 Å². The highest BCUT2D eigenvalue weighted by Gasteiger charge is 2.64. The van der Waals surface area contributed by atoms with E-state index in [0.29, 0.717) is 94.9 Å². The molecule has 18 heteroatoms. The Morgan fingerprint density at radius 2 is 0.714 bits per heavy atom. The van der Waals surface area contributed by atoms with Crippen LogP contribution in [0.1, 0.15) is 43.1 Å². The predicted molar refractivity (Wildman–Crippen MR) is 319 cm³/mol. The van der Waals surface area contributed by atoms with Crippen molar-refractivity contribution >= 4 is 102 Å². The van der Waals surface area contributed by atoms with Gasteiger partial charge in [0, 0.05) is 52.2 Å². The summed E-state index contributed by atoms with van der Waals surface area (Å²) in [5.74, 6) is -4.66. The van der Waals surface area contributed by atoms with E-state index in [-0.39, 0.29) is 37.9 Å². The van der Waals surface area contributed by atoms with E-state index in [4.69, 9.17) is 18.9 Å². The third-order valence-corrected chi connectivity index (χ3v) is 19.3. The number of allylic oxidation sites excluding steroid dienone is 6. The van der Waals surface area contributed by atoms with Gasteiger partial charge in [0.2, 0.25) is 22.3 Å². The molecule has 0 bridgehead atoms. The normalized spacial score (nSPS) is 16.0. The summed E-state index contributed by atoms with van der Waals surface area (Å²) in [5.41, 5.74) is 0.171. The number of esters is 4. The molecule has 12 rings (SSSR count). The molecule has 2 unspecified atom stereocenters. The van der Waals surface area contributed by atoms with Crippen LogP contribution in [0.2, 0.25) is 0 Å². The highest BCUT2D eigenvalue weighted by molar-refractivity contribution is 7.25. The molecule has 0 fully saturated rings. The van der Waals surface area contributed by atoms with E-state index in [0.717, 1.165) is 0 Å². The number of hydrogen-bond acceptors (Lipinski definition) is 18. The number of nitrogens with zero attached hydrogens (tertiary/aromatic N) is 6. The molecule has 4 aliphatic rings. The van der Waals surface area contributed by atoms with E-state index in [1.54, 1.807) is 60.7 Å². The summed E-state index contributed by atoms with van der Waals surface area (Å²) in [4.78, 5) is 74.8. The Kier molecular flexibility index (Phi) is 14.9. The van der Waals surface area contributed by atoms with E-state index >= 15 is 19.2 Å². The van der Waals surface area contributed by atoms with Crippen LogP contribution < -0.4 is 0 Å². The molecular weight excluding hydrogens is 1130 g/mol. The smallest absolute Gasteiger partial charge is 0.333 e. The molecule has 2 atom stereocenters. The van der Waals surface area contributed by atoms with Crippen LogP contribution in [-0.4, -0.2) is 35.3 Å². The van der Waals surface area contributed by atoms with Gasteiger partial charge in [-0.15, -0.1) is 45.3 Å². The number of carbonyl (C=O) groups excluding carboxylic acids is 4. The molecule has 84 heavy (non-hydrogen) atoms. The lowest BCUT2D eigenvalue weighted by atomic mass is 9.68. The van der Waals surface area contributed by atoms with Crippen LogP contribution in [0.5, 0.6) is 0 Å². The molecule has 0 N–H and O–H groups in total. The molecule has 14 nitrogen and oxygen atoms in total. The lowest BCUT2D eigenvalue weighted by Gasteiger charge is -2.35. The van der Waals surface area contributed by atoms with Gasteiger partial charge in [-0.25, -0.2) is 9.98 Å². The summed E-state index contributed by atoms with van der Waals surface area (Å²) in [6.07, 6.45) is 7.71. The zero-order chi connectivity index (χ0) is 58.0. The van der Waals surface area contributed by atoms with E-state index in [9.17, 15) is 21.0 Å². The molecule has 4 aromatic carbocycles. The van der Waals surface area contributed by atoms with Crippen molar-refractivity contribution in [2.24, 2.45) is 21.8 Å². The molecule has 4 aliphatic carbocycles. The number of thiophene rings is 4. The first-order valence-electron chi connectivity index (χ1n) is 26.1. The maximum absolute atomic E-state index is 15.6. The minimum atomic E-state index is -2.18. The van der Waals surface area contributed by atoms with Gasteiger partial charge in [0.1, 0.15) is 60.7 Å². The second kappa shape index (κ2) is 23.0. The first-order chi connectivity index (χ1) is 41.0. The standard InChI is InChI=1S/C66H40N6O8S4/c67-31-45(32-68)71-57-23-21-53(81-57)55-29-51-59(83-55)47-25-44-28-50-48(26-43(44)27-49(47)65(51,61(73)77-35-39-13-5-1-6-14-39)62(74)78-36-40-15-7-2-8-16-40)60-52(30-56(84-60)54-22-24-58(82-54)72-46(33-69)34-70)66(50,63(75)79-37-41-17-9-3-10-18-41)64(76)80-38-42-19-11-4-12-20-42/h1-30,43-44H,35-38H2. The molecule has 4 heterocycles. The molecule has 0 aliphatic heterocycles. The fourth-order valence-electron chi connectivity index (χ4n) is 10.8. The van der Waals surface area contributed by atoms with Gasteiger partial charge in [-0.05, 0) is 80.9 Å². The first kappa shape index (κ1) is 54.4. The summed E-state index contributed by atoms with van der Waals surface area (Å²) >= 11 is 5.11. The zero-order valence-electron chi connectivity index (χ0n) is 43.9. The van der Waals surface area contributed by atoms with Crippen molar-refractivity contribution in [3.05, 3.63) is 236 Å². The number of rotatable bonds is 16. The second-order valence-corrected chi connectivity index (χ2v) is 23.8. The fourth-order valence-corrected chi connectivity index (χ4v) is 15.2. The second-order valence-electron chi connectivity index (χ2n) is 19.6. The van der Waals surface area contributed by atoms with Crippen LogP contribution in [0.3, 0.4) is 0 Å². The van der Waals surface area contributed by atoms with Crippen LogP contribution in [0.25, 0.3) is 30.7 Å². The molecule has 8 aromatic rings. The minimum absolute atomic E-state index is 0.164. The average Bonchev–Trinajstić information content (AvgIpc) is 1.79. The molecular formula is C66H40N6O8S4. The van der Waals surface area contributed by atoms with Gasteiger partial charge in [0.25, 0.3) is 0 Å². The summed E-state index contributed by atoms with van der Waals surface area (Å²) in [7, 11) is 0. The predicted octanol–water partition coefficient (Wildman–Crippen LogP) is 13.6. The van der Waals surface area contributed by atoms with Crippen molar-refractivity contribution in [3.8, 4) is 43.8 Å². The number of ether oxygens (including phenoxy) is 4. The van der Waals surface area contributed by atoms with Crippen LogP contribution in [0.15, 0.2) is 203 Å². The summed E-state index contributed by atoms with van der Waals surface area (Å²) < 4.78 is 25.0. The molecule has 0 radical (unpaired) electrons. The molecule has 0 amide bonds. The Labute approximate surface area is 497 Å². The Morgan fingerprint density at radius 1 is 0.405 bits per heavy atom. The number of nitriles is 4. The van der Waals surface area contributed by atoms with Crippen molar-refractivity contribution in [2.45, 2.75) is 37.3 Å². The quantitative estimate of drug-likeness (QED) is 0.0381. The van der Waals surface area contributed by atoms with Gasteiger partial charge < -0.3 is 18.9 Å². The highest BCUT2D eigenvalue weighted by atomic mass is 32.1. The average molecular weight is 1170 g/mol. The number of hydrogen-bond donors (Lipinski definition) is 0. The number of fused-ring (bicyclic) bond motifs is 7. The molecule has 4 aromatic heterocycles. The summed E-state index contributed by atoms with van der Waals surface area (Å²) in [5, 5.41) is 38.8. The monoisotopic (exact) mass is 1170 g/mol. The maximum atomic E-state index is 15.6. The molecule has 0 spiro atoms. The van der Waals surface area contributed by atoms with Crippen molar-refractivity contribution in [3.63, 3.8) is 0 Å². The number of aliphatic imine (C=N–C) groups is 2. The van der Waals surface area contributed by atoms with E-state index in [2.05, 4.69) is 9.98 Å². The number of carbonyl (C=O) groups is 4. The van der Waals surface area contributed by atoms with Crippen LogP contribution in [0.4, 0.5) is 10.0 Å². The summed E-state index contributed by atoms with van der Waals surface area (Å²) in [6.45, 7) is -0.655.